The molecule has 0 unspecified atom stereocenters. The first-order chi connectivity index (χ1) is 10.6. The third kappa shape index (κ3) is 3.13. The second-order valence-corrected chi connectivity index (χ2v) is 4.65. The number of hydrogen-bond donors (Lipinski definition) is 1. The lowest BCUT2D eigenvalue weighted by Gasteiger charge is -2.17. The Morgan fingerprint density at radius 2 is 1.82 bits per heavy atom. The van der Waals surface area contributed by atoms with E-state index in [0.717, 1.165) is 5.69 Å². The first-order valence-electron chi connectivity index (χ1n) is 6.65. The molecule has 22 heavy (non-hydrogen) atoms. The summed E-state index contributed by atoms with van der Waals surface area (Å²) in [5.41, 5.74) is 1.47. The molecule has 118 valence electrons. The number of nitrogens with one attached hydrogen (secondary N) is 1. The SMILES string of the molecule is COc1cc([C@H](C[N+](=O)[O-])c2ccc[nH]2)cc(OC)c1OC. The normalized spacial score (nSPS) is 11.8. The van der Waals surface area contributed by atoms with Crippen LogP contribution in [0.5, 0.6) is 17.2 Å². The molecule has 0 radical (unpaired) electrons. The maximum atomic E-state index is 11.0. The largest absolute Gasteiger partial charge is 0.493 e. The number of rotatable bonds is 7. The molecule has 2 rings (SSSR count). The number of ether oxygens (including phenoxy) is 3. The summed E-state index contributed by atoms with van der Waals surface area (Å²) in [6.07, 6.45) is 1.74. The van der Waals surface area contributed by atoms with Gasteiger partial charge in [-0.1, -0.05) is 0 Å². The van der Waals surface area contributed by atoms with Gasteiger partial charge in [0, 0.05) is 16.8 Å². The maximum Gasteiger partial charge on any atom is 0.216 e. The summed E-state index contributed by atoms with van der Waals surface area (Å²) in [5.74, 6) is 0.965. The Labute approximate surface area is 128 Å². The third-order valence-corrected chi connectivity index (χ3v) is 3.42. The van der Waals surface area contributed by atoms with Crippen molar-refractivity contribution in [2.24, 2.45) is 0 Å². The molecule has 0 saturated carbocycles. The minimum absolute atomic E-state index is 0.237. The first-order valence-corrected chi connectivity index (χ1v) is 6.65. The predicted molar refractivity (Wildman–Crippen MR) is 80.6 cm³/mol. The smallest absolute Gasteiger partial charge is 0.216 e. The van der Waals surface area contributed by atoms with Gasteiger partial charge in [-0.15, -0.1) is 0 Å². The van der Waals surface area contributed by atoms with Gasteiger partial charge in [0.25, 0.3) is 0 Å². The average Bonchev–Trinajstić information content (AvgIpc) is 3.05. The van der Waals surface area contributed by atoms with Crippen LogP contribution >= 0.6 is 0 Å². The van der Waals surface area contributed by atoms with Gasteiger partial charge in [0.1, 0.15) is 0 Å². The molecule has 0 bridgehead atoms. The van der Waals surface area contributed by atoms with Crippen molar-refractivity contribution < 1.29 is 19.1 Å². The summed E-state index contributed by atoms with van der Waals surface area (Å²) < 4.78 is 15.9. The monoisotopic (exact) mass is 306 g/mol. The van der Waals surface area contributed by atoms with E-state index < -0.39 is 5.92 Å². The minimum atomic E-state index is -0.432. The number of hydrogen-bond acceptors (Lipinski definition) is 5. The van der Waals surface area contributed by atoms with Gasteiger partial charge in [0.2, 0.25) is 12.3 Å². The highest BCUT2D eigenvalue weighted by Gasteiger charge is 2.24. The molecule has 0 aliphatic heterocycles. The molecule has 0 saturated heterocycles. The highest BCUT2D eigenvalue weighted by atomic mass is 16.6. The quantitative estimate of drug-likeness (QED) is 0.627. The Bertz CT molecular complexity index is 614. The summed E-state index contributed by atoms with van der Waals surface area (Å²) in [4.78, 5) is 13.7. The number of aromatic nitrogens is 1. The molecule has 1 atom stereocenters. The molecule has 1 aromatic heterocycles. The van der Waals surface area contributed by atoms with Crippen molar-refractivity contribution in [2.75, 3.05) is 27.9 Å². The third-order valence-electron chi connectivity index (χ3n) is 3.42. The highest BCUT2D eigenvalue weighted by Crippen LogP contribution is 2.41. The minimum Gasteiger partial charge on any atom is -0.493 e. The fourth-order valence-corrected chi connectivity index (χ4v) is 2.40. The van der Waals surface area contributed by atoms with Crippen molar-refractivity contribution in [1.82, 2.24) is 4.98 Å². The molecule has 1 heterocycles. The van der Waals surface area contributed by atoms with E-state index in [0.29, 0.717) is 22.8 Å². The molecule has 7 nitrogen and oxygen atoms in total. The van der Waals surface area contributed by atoms with Crippen LogP contribution in [-0.4, -0.2) is 37.8 Å². The lowest BCUT2D eigenvalue weighted by molar-refractivity contribution is -0.481. The Balaban J connectivity index is 2.54. The molecule has 0 amide bonds. The van der Waals surface area contributed by atoms with Crippen molar-refractivity contribution in [3.63, 3.8) is 0 Å². The molecular formula is C15H18N2O5. The van der Waals surface area contributed by atoms with Crippen LogP contribution in [0, 0.1) is 10.1 Å². The van der Waals surface area contributed by atoms with Crippen LogP contribution in [0.4, 0.5) is 0 Å². The van der Waals surface area contributed by atoms with Crippen molar-refractivity contribution in [1.29, 1.82) is 0 Å². The number of nitrogens with zero attached hydrogens (tertiary/aromatic N) is 1. The molecule has 0 fully saturated rings. The molecular weight excluding hydrogens is 288 g/mol. The molecule has 0 spiro atoms. The fraction of sp³-hybridized carbons (Fsp3) is 0.333. The highest BCUT2D eigenvalue weighted by molar-refractivity contribution is 5.55. The number of aromatic amines is 1. The Morgan fingerprint density at radius 1 is 1.18 bits per heavy atom. The zero-order valence-electron chi connectivity index (χ0n) is 12.7. The predicted octanol–water partition coefficient (Wildman–Crippen LogP) is 2.45. The van der Waals surface area contributed by atoms with Crippen LogP contribution in [0.15, 0.2) is 30.5 Å². The topological polar surface area (TPSA) is 86.6 Å². The van der Waals surface area contributed by atoms with E-state index in [9.17, 15) is 10.1 Å². The maximum absolute atomic E-state index is 11.0. The zero-order chi connectivity index (χ0) is 16.1. The van der Waals surface area contributed by atoms with Gasteiger partial charge in [-0.25, -0.2) is 0 Å². The number of methoxy groups -OCH3 is 3. The van der Waals surface area contributed by atoms with Crippen molar-refractivity contribution >= 4 is 0 Å². The van der Waals surface area contributed by atoms with Gasteiger partial charge >= 0.3 is 0 Å². The molecule has 0 aliphatic carbocycles. The first kappa shape index (κ1) is 15.7. The van der Waals surface area contributed by atoms with Gasteiger partial charge in [-0.2, -0.15) is 0 Å². The molecule has 2 aromatic rings. The zero-order valence-corrected chi connectivity index (χ0v) is 12.7. The van der Waals surface area contributed by atoms with Gasteiger partial charge in [0.05, 0.1) is 27.2 Å². The van der Waals surface area contributed by atoms with Gasteiger partial charge in [-0.3, -0.25) is 10.1 Å². The van der Waals surface area contributed by atoms with E-state index in [1.54, 1.807) is 24.4 Å². The molecule has 1 N–H and O–H groups in total. The van der Waals surface area contributed by atoms with E-state index in [2.05, 4.69) is 4.98 Å². The summed E-state index contributed by atoms with van der Waals surface area (Å²) in [6, 6.07) is 7.09. The number of nitro groups is 1. The lowest BCUT2D eigenvalue weighted by atomic mass is 9.95. The Hall–Kier alpha value is -2.70. The summed E-state index contributed by atoms with van der Waals surface area (Å²) in [5, 5.41) is 11.0. The second kappa shape index (κ2) is 6.84. The van der Waals surface area contributed by atoms with Crippen LogP contribution in [0.2, 0.25) is 0 Å². The van der Waals surface area contributed by atoms with Crippen LogP contribution in [-0.2, 0) is 0 Å². The average molecular weight is 306 g/mol. The Morgan fingerprint density at radius 3 is 2.23 bits per heavy atom. The summed E-state index contributed by atoms with van der Waals surface area (Å²) in [7, 11) is 4.54. The standard InChI is InChI=1S/C15H18N2O5/c1-20-13-7-10(8-14(21-2)15(13)22-3)11(9-17(18)19)12-5-4-6-16-12/h4-8,11,16H,9H2,1-3H3/t11-/m0/s1. The van der Waals surface area contributed by atoms with E-state index in [1.807, 2.05) is 6.07 Å². The van der Waals surface area contributed by atoms with E-state index in [1.165, 1.54) is 21.3 Å². The molecule has 7 heteroatoms. The molecule has 1 aromatic carbocycles. The van der Waals surface area contributed by atoms with Gasteiger partial charge in [0.15, 0.2) is 11.5 Å². The van der Waals surface area contributed by atoms with Crippen molar-refractivity contribution in [2.45, 2.75) is 5.92 Å². The van der Waals surface area contributed by atoms with Gasteiger partial charge in [-0.05, 0) is 29.8 Å². The van der Waals surface area contributed by atoms with Crippen molar-refractivity contribution in [3.8, 4) is 17.2 Å². The van der Waals surface area contributed by atoms with Crippen LogP contribution in [0.1, 0.15) is 17.2 Å². The van der Waals surface area contributed by atoms with E-state index in [4.69, 9.17) is 14.2 Å². The Kier molecular flexibility index (Phi) is 4.88. The van der Waals surface area contributed by atoms with Crippen molar-refractivity contribution in [3.05, 3.63) is 51.8 Å². The number of benzene rings is 1. The lowest BCUT2D eigenvalue weighted by Crippen LogP contribution is -2.14. The van der Waals surface area contributed by atoms with Gasteiger partial charge < -0.3 is 19.2 Å². The van der Waals surface area contributed by atoms with E-state index >= 15 is 0 Å². The van der Waals surface area contributed by atoms with E-state index in [-0.39, 0.29) is 11.5 Å². The van der Waals surface area contributed by atoms with Crippen LogP contribution in [0.3, 0.4) is 0 Å². The number of H-pyrrole nitrogens is 1. The molecule has 0 aliphatic rings. The van der Waals surface area contributed by atoms with Crippen LogP contribution < -0.4 is 14.2 Å². The second-order valence-electron chi connectivity index (χ2n) is 4.65. The summed E-state index contributed by atoms with van der Waals surface area (Å²) >= 11 is 0. The summed E-state index contributed by atoms with van der Waals surface area (Å²) in [6.45, 7) is -0.237. The fourth-order valence-electron chi connectivity index (χ4n) is 2.40. The van der Waals surface area contributed by atoms with Crippen LogP contribution in [0.25, 0.3) is 0 Å².